The first-order chi connectivity index (χ1) is 18.8. The van der Waals surface area contributed by atoms with Crippen molar-refractivity contribution in [1.29, 1.82) is 0 Å². The first kappa shape index (κ1) is 33.3. The molecule has 0 fully saturated rings. The summed E-state index contributed by atoms with van der Waals surface area (Å²) in [7, 11) is 0. The molecule has 18 heteroatoms. The van der Waals surface area contributed by atoms with Crippen molar-refractivity contribution < 1.29 is 39.0 Å². The second kappa shape index (κ2) is 17.0. The zero-order valence-electron chi connectivity index (χ0n) is 21.7. The number of carboxylic acids is 2. The molecule has 0 aliphatic carbocycles. The Morgan fingerprint density at radius 1 is 0.875 bits per heavy atom. The van der Waals surface area contributed by atoms with Crippen LogP contribution in [0.25, 0.3) is 0 Å². The van der Waals surface area contributed by atoms with E-state index in [4.69, 9.17) is 28.0 Å². The number of carbonyl (C=O) groups is 6. The number of rotatable bonds is 19. The number of amides is 4. The predicted molar refractivity (Wildman–Crippen MR) is 139 cm³/mol. The highest BCUT2D eigenvalue weighted by atomic mass is 16.4. The molecule has 0 radical (unpaired) electrons. The number of aliphatic imine (C=N–C) groups is 1. The summed E-state index contributed by atoms with van der Waals surface area (Å²) in [6.07, 6.45) is 1.62. The molecule has 0 bridgehead atoms. The van der Waals surface area contributed by atoms with Gasteiger partial charge in [0.15, 0.2) is 5.96 Å². The summed E-state index contributed by atoms with van der Waals surface area (Å²) < 4.78 is 0. The summed E-state index contributed by atoms with van der Waals surface area (Å²) in [5.41, 5.74) is 22.3. The molecule has 222 valence electrons. The van der Waals surface area contributed by atoms with Crippen LogP contribution in [0.5, 0.6) is 0 Å². The van der Waals surface area contributed by atoms with Crippen molar-refractivity contribution in [3.63, 3.8) is 0 Å². The molecule has 1 heterocycles. The number of imidazole rings is 1. The van der Waals surface area contributed by atoms with E-state index in [-0.39, 0.29) is 44.6 Å². The highest BCUT2D eigenvalue weighted by Crippen LogP contribution is 2.06. The van der Waals surface area contributed by atoms with Crippen molar-refractivity contribution in [1.82, 2.24) is 25.9 Å². The van der Waals surface area contributed by atoms with Gasteiger partial charge in [-0.3, -0.25) is 29.0 Å². The van der Waals surface area contributed by atoms with Crippen molar-refractivity contribution in [2.75, 3.05) is 6.54 Å². The average Bonchev–Trinajstić information content (AvgIpc) is 3.38. The van der Waals surface area contributed by atoms with E-state index in [9.17, 15) is 33.9 Å². The van der Waals surface area contributed by atoms with Crippen LogP contribution in [-0.2, 0) is 35.2 Å². The number of aliphatic carboxylic acids is 2. The molecule has 0 aliphatic rings. The van der Waals surface area contributed by atoms with Crippen LogP contribution in [0.2, 0.25) is 0 Å². The normalized spacial score (nSPS) is 13.6. The minimum Gasteiger partial charge on any atom is -0.481 e. The Hall–Kier alpha value is -4.74. The lowest BCUT2D eigenvalue weighted by molar-refractivity contribution is -0.143. The van der Waals surface area contributed by atoms with Crippen molar-refractivity contribution in [3.05, 3.63) is 18.2 Å². The number of aromatic nitrogens is 2. The maximum absolute atomic E-state index is 13.2. The number of aromatic amines is 1. The summed E-state index contributed by atoms with van der Waals surface area (Å²) >= 11 is 0. The van der Waals surface area contributed by atoms with Crippen LogP contribution < -0.4 is 38.9 Å². The Labute approximate surface area is 228 Å². The molecular formula is C22H36N10O8. The van der Waals surface area contributed by atoms with Crippen LogP contribution in [0, 0.1) is 0 Å². The standard InChI is InChI=1S/C22H36N10O8/c23-12(8-11-9-27-10-29-11)18(36)30-13(2-1-7-28-22(25)26)19(37)31-14(3-5-16(24)33)20(38)32-15(21(39)40)4-6-17(34)35/h9-10,12-15H,1-8,23H2,(H2,24,33)(H,27,29)(H,30,36)(H,31,37)(H,32,38)(H,34,35)(H,39,40)(H4,25,26,28). The fourth-order valence-corrected chi connectivity index (χ4v) is 3.40. The third-order valence-electron chi connectivity index (χ3n) is 5.48. The molecule has 18 nitrogen and oxygen atoms in total. The van der Waals surface area contributed by atoms with E-state index in [2.05, 4.69) is 30.9 Å². The van der Waals surface area contributed by atoms with Crippen LogP contribution >= 0.6 is 0 Å². The number of nitrogens with one attached hydrogen (secondary N) is 4. The number of hydrogen-bond acceptors (Lipinski definition) is 9. The van der Waals surface area contributed by atoms with Crippen molar-refractivity contribution in [3.8, 4) is 0 Å². The minimum atomic E-state index is -1.58. The van der Waals surface area contributed by atoms with Gasteiger partial charge in [0.25, 0.3) is 0 Å². The molecule has 1 aromatic rings. The van der Waals surface area contributed by atoms with Gasteiger partial charge in [-0.25, -0.2) is 9.78 Å². The van der Waals surface area contributed by atoms with Crippen LogP contribution in [0.1, 0.15) is 44.2 Å². The Kier molecular flexibility index (Phi) is 14.1. The fourth-order valence-electron chi connectivity index (χ4n) is 3.40. The highest BCUT2D eigenvalue weighted by molar-refractivity contribution is 5.94. The first-order valence-corrected chi connectivity index (χ1v) is 12.2. The Morgan fingerprint density at radius 3 is 1.98 bits per heavy atom. The molecule has 4 atom stereocenters. The minimum absolute atomic E-state index is 0.0195. The summed E-state index contributed by atoms with van der Waals surface area (Å²) in [4.78, 5) is 82.9. The molecule has 0 aliphatic heterocycles. The van der Waals surface area contributed by atoms with Gasteiger partial charge in [0.2, 0.25) is 23.6 Å². The van der Waals surface area contributed by atoms with Gasteiger partial charge in [-0.15, -0.1) is 0 Å². The number of carboxylic acid groups (broad SMARTS) is 2. The fraction of sp³-hybridized carbons (Fsp3) is 0.545. The quantitative estimate of drug-likeness (QED) is 0.0433. The number of primary amides is 1. The second-order valence-corrected chi connectivity index (χ2v) is 8.80. The highest BCUT2D eigenvalue weighted by Gasteiger charge is 2.30. The second-order valence-electron chi connectivity index (χ2n) is 8.80. The largest absolute Gasteiger partial charge is 0.481 e. The van der Waals surface area contributed by atoms with Gasteiger partial charge in [-0.1, -0.05) is 0 Å². The van der Waals surface area contributed by atoms with E-state index >= 15 is 0 Å². The zero-order valence-corrected chi connectivity index (χ0v) is 21.7. The number of nitrogens with zero attached hydrogens (tertiary/aromatic N) is 2. The molecule has 1 aromatic heterocycles. The molecular weight excluding hydrogens is 532 g/mol. The van der Waals surface area contributed by atoms with Crippen LogP contribution in [0.15, 0.2) is 17.5 Å². The van der Waals surface area contributed by atoms with E-state index in [1.165, 1.54) is 12.5 Å². The molecule has 40 heavy (non-hydrogen) atoms. The lowest BCUT2D eigenvalue weighted by Gasteiger charge is -2.25. The monoisotopic (exact) mass is 568 g/mol. The summed E-state index contributed by atoms with van der Waals surface area (Å²) in [5, 5.41) is 25.2. The van der Waals surface area contributed by atoms with Crippen molar-refractivity contribution in [2.45, 2.75) is 69.1 Å². The lowest BCUT2D eigenvalue weighted by atomic mass is 10.0. The number of nitrogens with two attached hydrogens (primary N) is 4. The van der Waals surface area contributed by atoms with Crippen LogP contribution in [0.4, 0.5) is 0 Å². The zero-order chi connectivity index (χ0) is 30.2. The van der Waals surface area contributed by atoms with Gasteiger partial charge in [-0.2, -0.15) is 0 Å². The summed E-state index contributed by atoms with van der Waals surface area (Å²) in [6.45, 7) is 0.123. The van der Waals surface area contributed by atoms with Gasteiger partial charge in [0.1, 0.15) is 18.1 Å². The average molecular weight is 569 g/mol. The number of H-pyrrole nitrogens is 1. The topological polar surface area (TPSA) is 324 Å². The van der Waals surface area contributed by atoms with Crippen LogP contribution in [-0.4, -0.2) is 92.4 Å². The molecule has 0 spiro atoms. The summed E-state index contributed by atoms with van der Waals surface area (Å²) in [6, 6.07) is -5.30. The van der Waals surface area contributed by atoms with E-state index < -0.39 is 72.6 Å². The Morgan fingerprint density at radius 2 is 1.45 bits per heavy atom. The maximum Gasteiger partial charge on any atom is 0.326 e. The number of guanidine groups is 1. The molecule has 4 amide bonds. The van der Waals surface area contributed by atoms with E-state index in [0.29, 0.717) is 5.69 Å². The van der Waals surface area contributed by atoms with E-state index in [1.54, 1.807) is 0 Å². The van der Waals surface area contributed by atoms with Gasteiger partial charge in [0.05, 0.1) is 12.4 Å². The van der Waals surface area contributed by atoms with Gasteiger partial charge in [-0.05, 0) is 25.7 Å². The molecule has 1 rings (SSSR count). The Bertz CT molecular complexity index is 1060. The number of carbonyl (C=O) groups excluding carboxylic acids is 4. The molecule has 0 saturated carbocycles. The first-order valence-electron chi connectivity index (χ1n) is 12.2. The van der Waals surface area contributed by atoms with Crippen molar-refractivity contribution in [2.24, 2.45) is 27.9 Å². The van der Waals surface area contributed by atoms with Gasteiger partial charge >= 0.3 is 11.9 Å². The number of hydrogen-bond donors (Lipinski definition) is 10. The molecule has 14 N–H and O–H groups in total. The SMILES string of the molecule is NC(=O)CCC(NC(=O)C(CCCN=C(N)N)NC(=O)C(N)Cc1cnc[nH]1)C(=O)NC(CCC(=O)O)C(=O)O. The van der Waals surface area contributed by atoms with Crippen LogP contribution in [0.3, 0.4) is 0 Å². The predicted octanol–water partition coefficient (Wildman–Crippen LogP) is -4.00. The van der Waals surface area contributed by atoms with Gasteiger partial charge < -0.3 is 54.1 Å². The van der Waals surface area contributed by atoms with E-state index in [0.717, 1.165) is 0 Å². The maximum atomic E-state index is 13.2. The van der Waals surface area contributed by atoms with Gasteiger partial charge in [0, 0.05) is 37.7 Å². The molecule has 0 aromatic carbocycles. The summed E-state index contributed by atoms with van der Waals surface area (Å²) in [5.74, 6) is -6.25. The smallest absolute Gasteiger partial charge is 0.326 e. The van der Waals surface area contributed by atoms with E-state index in [1.807, 2.05) is 0 Å². The third kappa shape index (κ3) is 13.2. The lowest BCUT2D eigenvalue weighted by Crippen LogP contribution is -2.57. The molecule has 0 saturated heterocycles. The third-order valence-corrected chi connectivity index (χ3v) is 5.48. The molecule has 4 unspecified atom stereocenters. The Balaban J connectivity index is 3.04. The van der Waals surface area contributed by atoms with Crippen molar-refractivity contribution >= 4 is 41.5 Å².